The number of aliphatic hydroxyl groups excluding tert-OH is 1. The summed E-state index contributed by atoms with van der Waals surface area (Å²) in [5, 5.41) is 12.3. The van der Waals surface area contributed by atoms with Gasteiger partial charge in [-0.15, -0.1) is 0 Å². The van der Waals surface area contributed by atoms with Gasteiger partial charge in [-0.25, -0.2) is 0 Å². The summed E-state index contributed by atoms with van der Waals surface area (Å²) < 4.78 is 0. The zero-order valence-corrected chi connectivity index (χ0v) is 11.9. The number of thioether (sulfide) groups is 1. The maximum absolute atomic E-state index is 11.6. The smallest absolute Gasteiger partial charge is 0.249 e. The Bertz CT molecular complexity index is 410. The highest BCUT2D eigenvalue weighted by Gasteiger charge is 2.14. The molecule has 0 saturated heterocycles. The first-order chi connectivity index (χ1) is 8.54. The molecule has 0 fully saturated rings. The lowest BCUT2D eigenvalue weighted by Gasteiger charge is -2.12. The Kier molecular flexibility index (Phi) is 6.15. The van der Waals surface area contributed by atoms with Crippen LogP contribution in [0.1, 0.15) is 23.2 Å². The molecule has 1 aromatic rings. The van der Waals surface area contributed by atoms with Crippen LogP contribution < -0.4 is 5.32 Å². The third-order valence-corrected chi connectivity index (χ3v) is 3.35. The van der Waals surface area contributed by atoms with Crippen LogP contribution in [-0.2, 0) is 11.3 Å². The van der Waals surface area contributed by atoms with Crippen LogP contribution >= 0.6 is 11.8 Å². The van der Waals surface area contributed by atoms with Gasteiger partial charge in [-0.1, -0.05) is 0 Å². The molecule has 0 aliphatic rings. The van der Waals surface area contributed by atoms with Gasteiger partial charge in [0, 0.05) is 18.4 Å². The first kappa shape index (κ1) is 15.0. The van der Waals surface area contributed by atoms with Crippen molar-refractivity contribution in [2.45, 2.75) is 32.9 Å². The Morgan fingerprint density at radius 2 is 2.28 bits per heavy atom. The molecule has 0 spiro atoms. The molecule has 0 aliphatic heterocycles. The monoisotopic (exact) mass is 268 g/mol. The van der Waals surface area contributed by atoms with Crippen LogP contribution in [0.2, 0.25) is 0 Å². The third-order valence-electron chi connectivity index (χ3n) is 2.71. The van der Waals surface area contributed by atoms with Crippen molar-refractivity contribution in [1.82, 2.24) is 10.3 Å². The average molecular weight is 268 g/mol. The molecule has 0 radical (unpaired) electrons. The van der Waals surface area contributed by atoms with E-state index in [1.807, 2.05) is 26.2 Å². The molecule has 18 heavy (non-hydrogen) atoms. The third kappa shape index (κ3) is 4.66. The second-order valence-corrected chi connectivity index (χ2v) is 5.25. The van der Waals surface area contributed by atoms with Crippen molar-refractivity contribution in [3.05, 3.63) is 29.1 Å². The highest BCUT2D eigenvalue weighted by molar-refractivity contribution is 7.98. The molecule has 0 aliphatic carbocycles. The molecule has 2 N–H and O–H groups in total. The van der Waals surface area contributed by atoms with E-state index in [1.165, 1.54) is 0 Å². The van der Waals surface area contributed by atoms with Crippen LogP contribution in [-0.4, -0.2) is 34.1 Å². The first-order valence-corrected chi connectivity index (χ1v) is 7.30. The molecule has 0 bridgehead atoms. The number of aryl methyl sites for hydroxylation is 2. The van der Waals surface area contributed by atoms with Gasteiger partial charge in [-0.2, -0.15) is 11.8 Å². The van der Waals surface area contributed by atoms with Crippen molar-refractivity contribution in [2.75, 3.05) is 12.0 Å². The summed E-state index contributed by atoms with van der Waals surface area (Å²) in [5.74, 6) is 0.462. The van der Waals surface area contributed by atoms with Gasteiger partial charge < -0.3 is 10.4 Å². The van der Waals surface area contributed by atoms with Crippen molar-refractivity contribution in [3.8, 4) is 0 Å². The minimum atomic E-state index is -0.920. The Hall–Kier alpha value is -1.07. The fourth-order valence-corrected chi connectivity index (χ4v) is 2.03. The van der Waals surface area contributed by atoms with Crippen molar-refractivity contribution in [1.29, 1.82) is 0 Å². The molecule has 1 atom stereocenters. The number of aromatic nitrogens is 1. The summed E-state index contributed by atoms with van der Waals surface area (Å²) in [6, 6.07) is 1.98. The van der Waals surface area contributed by atoms with Gasteiger partial charge in [0.2, 0.25) is 5.91 Å². The molecule has 0 saturated carbocycles. The number of nitrogens with zero attached hydrogens (tertiary/aromatic N) is 1. The van der Waals surface area contributed by atoms with Crippen molar-refractivity contribution in [3.63, 3.8) is 0 Å². The standard InChI is InChI=1S/C13H20N2O2S/c1-9-6-10(2)14-7-11(9)8-15-13(17)12(16)4-5-18-3/h6-7,12,16H,4-5,8H2,1-3H3,(H,15,17)/t12-/m0/s1. The lowest BCUT2D eigenvalue weighted by Crippen LogP contribution is -2.34. The number of carbonyl (C=O) groups is 1. The number of rotatable bonds is 6. The molecule has 1 amide bonds. The summed E-state index contributed by atoms with van der Waals surface area (Å²) in [6.45, 7) is 4.33. The van der Waals surface area contributed by atoms with E-state index in [2.05, 4.69) is 10.3 Å². The largest absolute Gasteiger partial charge is 0.383 e. The second kappa shape index (κ2) is 7.38. The van der Waals surface area contributed by atoms with Crippen LogP contribution in [0.4, 0.5) is 0 Å². The molecular weight excluding hydrogens is 248 g/mol. The van der Waals surface area contributed by atoms with E-state index in [9.17, 15) is 9.90 Å². The lowest BCUT2D eigenvalue weighted by molar-refractivity contribution is -0.129. The topological polar surface area (TPSA) is 62.2 Å². The van der Waals surface area contributed by atoms with Gasteiger partial charge in [-0.3, -0.25) is 9.78 Å². The summed E-state index contributed by atoms with van der Waals surface area (Å²) in [4.78, 5) is 15.8. The molecule has 1 rings (SSSR count). The molecule has 4 nitrogen and oxygen atoms in total. The van der Waals surface area contributed by atoms with Gasteiger partial charge in [0.25, 0.3) is 0 Å². The molecule has 0 unspecified atom stereocenters. The Morgan fingerprint density at radius 1 is 1.56 bits per heavy atom. The second-order valence-electron chi connectivity index (χ2n) is 4.27. The fraction of sp³-hybridized carbons (Fsp3) is 0.538. The number of nitrogens with one attached hydrogen (secondary N) is 1. The molecular formula is C13H20N2O2S. The number of hydrogen-bond acceptors (Lipinski definition) is 4. The van der Waals surface area contributed by atoms with E-state index in [0.29, 0.717) is 13.0 Å². The summed E-state index contributed by atoms with van der Waals surface area (Å²) >= 11 is 1.62. The van der Waals surface area contributed by atoms with Crippen molar-refractivity contribution >= 4 is 17.7 Å². The number of amides is 1. The summed E-state index contributed by atoms with van der Waals surface area (Å²) in [6.07, 6.45) is 3.28. The van der Waals surface area contributed by atoms with Crippen LogP contribution in [0.3, 0.4) is 0 Å². The Labute approximate surface area is 112 Å². The minimum Gasteiger partial charge on any atom is -0.383 e. The van der Waals surface area contributed by atoms with Crippen LogP contribution in [0.5, 0.6) is 0 Å². The van der Waals surface area contributed by atoms with Crippen LogP contribution in [0.25, 0.3) is 0 Å². The van der Waals surface area contributed by atoms with Gasteiger partial charge >= 0.3 is 0 Å². The first-order valence-electron chi connectivity index (χ1n) is 5.91. The SMILES string of the molecule is CSCC[C@H](O)C(=O)NCc1cnc(C)cc1C. The summed E-state index contributed by atoms with van der Waals surface area (Å²) in [7, 11) is 0. The fourth-order valence-electron chi connectivity index (χ4n) is 1.57. The Balaban J connectivity index is 2.47. The minimum absolute atomic E-state index is 0.316. The van der Waals surface area contributed by atoms with Crippen LogP contribution in [0.15, 0.2) is 12.3 Å². The maximum Gasteiger partial charge on any atom is 0.249 e. The van der Waals surface area contributed by atoms with E-state index in [-0.39, 0.29) is 5.91 Å². The predicted molar refractivity (Wildman–Crippen MR) is 74.6 cm³/mol. The van der Waals surface area contributed by atoms with Gasteiger partial charge in [0.05, 0.1) is 0 Å². The van der Waals surface area contributed by atoms with Gasteiger partial charge in [0.1, 0.15) is 6.10 Å². The number of aliphatic hydroxyl groups is 1. The lowest BCUT2D eigenvalue weighted by atomic mass is 10.1. The molecule has 100 valence electrons. The zero-order chi connectivity index (χ0) is 13.5. The van der Waals surface area contributed by atoms with Crippen molar-refractivity contribution < 1.29 is 9.90 Å². The predicted octanol–water partition coefficient (Wildman–Crippen LogP) is 1.43. The number of hydrogen-bond donors (Lipinski definition) is 2. The Morgan fingerprint density at radius 3 is 2.89 bits per heavy atom. The van der Waals surface area contributed by atoms with Crippen LogP contribution in [0, 0.1) is 13.8 Å². The zero-order valence-electron chi connectivity index (χ0n) is 11.1. The van der Waals surface area contributed by atoms with E-state index in [4.69, 9.17) is 0 Å². The average Bonchev–Trinajstić information content (AvgIpc) is 2.34. The quantitative estimate of drug-likeness (QED) is 0.819. The highest BCUT2D eigenvalue weighted by atomic mass is 32.2. The summed E-state index contributed by atoms with van der Waals surface area (Å²) in [5.41, 5.74) is 3.04. The normalized spacial score (nSPS) is 12.2. The number of pyridine rings is 1. The molecule has 1 heterocycles. The van der Waals surface area contributed by atoms with Gasteiger partial charge in [-0.05, 0) is 49.5 Å². The molecule has 0 aromatic carbocycles. The van der Waals surface area contributed by atoms with Gasteiger partial charge in [0.15, 0.2) is 0 Å². The molecule has 5 heteroatoms. The van der Waals surface area contributed by atoms with E-state index >= 15 is 0 Å². The highest BCUT2D eigenvalue weighted by Crippen LogP contribution is 2.07. The van der Waals surface area contributed by atoms with E-state index < -0.39 is 6.10 Å². The number of carbonyl (C=O) groups excluding carboxylic acids is 1. The molecule has 1 aromatic heterocycles. The maximum atomic E-state index is 11.6. The van der Waals surface area contributed by atoms with E-state index in [0.717, 1.165) is 22.6 Å². The van der Waals surface area contributed by atoms with E-state index in [1.54, 1.807) is 18.0 Å². The van der Waals surface area contributed by atoms with Crippen molar-refractivity contribution in [2.24, 2.45) is 0 Å².